The molecule has 0 rings (SSSR count). The topological polar surface area (TPSA) is 46.5 Å². The zero-order valence-corrected chi connectivity index (χ0v) is 14.5. The Balaban J connectivity index is 3.12. The van der Waals surface area contributed by atoms with Crippen molar-refractivity contribution in [2.24, 2.45) is 0 Å². The summed E-state index contributed by atoms with van der Waals surface area (Å²) in [4.78, 5) is 11.0. The van der Waals surface area contributed by atoms with E-state index in [1.807, 2.05) is 0 Å². The van der Waals surface area contributed by atoms with Crippen molar-refractivity contribution in [3.05, 3.63) is 12.2 Å². The number of hydrogen-bond acceptors (Lipinski definition) is 3. The lowest BCUT2D eigenvalue weighted by Gasteiger charge is -2.01. The summed E-state index contributed by atoms with van der Waals surface area (Å²) in [5.41, 5.74) is 0. The van der Waals surface area contributed by atoms with Crippen molar-refractivity contribution < 1.29 is 14.6 Å². The van der Waals surface area contributed by atoms with Gasteiger partial charge in [-0.25, -0.2) is 0 Å². The van der Waals surface area contributed by atoms with Crippen LogP contribution in [0.5, 0.6) is 0 Å². The summed E-state index contributed by atoms with van der Waals surface area (Å²) in [5, 5.41) is 8.41. The van der Waals surface area contributed by atoms with Crippen molar-refractivity contribution in [3.8, 4) is 0 Å². The molecule has 0 aromatic carbocycles. The van der Waals surface area contributed by atoms with E-state index >= 15 is 0 Å². The average Bonchev–Trinajstić information content (AvgIpc) is 2.51. The van der Waals surface area contributed by atoms with E-state index in [0.29, 0.717) is 6.42 Å². The molecule has 0 amide bonds. The number of hydrogen-bond donors (Lipinski definition) is 1. The molecule has 22 heavy (non-hydrogen) atoms. The monoisotopic (exact) mass is 312 g/mol. The average molecular weight is 312 g/mol. The Bertz CT molecular complexity index is 261. The first-order chi connectivity index (χ1) is 10.8. The lowest BCUT2D eigenvalue weighted by atomic mass is 10.1. The van der Waals surface area contributed by atoms with E-state index in [4.69, 9.17) is 5.11 Å². The predicted molar refractivity (Wildman–Crippen MR) is 92.6 cm³/mol. The van der Waals surface area contributed by atoms with Crippen LogP contribution in [0.2, 0.25) is 0 Å². The first-order valence-corrected chi connectivity index (χ1v) is 9.22. The van der Waals surface area contributed by atoms with Gasteiger partial charge in [0.1, 0.15) is 0 Å². The summed E-state index contributed by atoms with van der Waals surface area (Å²) in [5.74, 6) is -0.290. The second-order valence-corrected chi connectivity index (χ2v) is 5.98. The van der Waals surface area contributed by atoms with Crippen LogP contribution in [0.4, 0.5) is 0 Å². The Morgan fingerprint density at radius 1 is 0.818 bits per heavy atom. The minimum absolute atomic E-state index is 0.290. The van der Waals surface area contributed by atoms with Crippen molar-refractivity contribution >= 4 is 5.97 Å². The Kier molecular flexibility index (Phi) is 17.5. The number of carbonyl (C=O) groups excluding carboxylic acids is 1. The molecule has 0 aliphatic heterocycles. The van der Waals surface area contributed by atoms with Crippen LogP contribution in [0, 0.1) is 0 Å². The predicted octanol–water partition coefficient (Wildman–Crippen LogP) is 5.52. The van der Waals surface area contributed by atoms with Gasteiger partial charge in [-0.15, -0.1) is 0 Å². The quantitative estimate of drug-likeness (QED) is 0.177. The molecule has 0 heterocycles. The molecular weight excluding hydrogens is 276 g/mol. The number of aliphatic hydroxyl groups excluding tert-OH is 1. The molecule has 0 bridgehead atoms. The van der Waals surface area contributed by atoms with Crippen molar-refractivity contribution in [1.29, 1.82) is 0 Å². The van der Waals surface area contributed by atoms with E-state index < -0.39 is 6.79 Å². The molecule has 0 fully saturated rings. The minimum atomic E-state index is -0.495. The van der Waals surface area contributed by atoms with Crippen LogP contribution in [0.1, 0.15) is 96.8 Å². The summed E-state index contributed by atoms with van der Waals surface area (Å²) >= 11 is 0. The molecule has 0 unspecified atom stereocenters. The van der Waals surface area contributed by atoms with Crippen LogP contribution < -0.4 is 0 Å². The highest BCUT2D eigenvalue weighted by molar-refractivity contribution is 5.69. The maximum Gasteiger partial charge on any atom is 0.307 e. The first kappa shape index (κ1) is 21.2. The summed E-state index contributed by atoms with van der Waals surface area (Å²) in [7, 11) is 0. The Morgan fingerprint density at radius 2 is 1.32 bits per heavy atom. The zero-order valence-electron chi connectivity index (χ0n) is 14.5. The molecule has 0 aliphatic carbocycles. The highest BCUT2D eigenvalue weighted by Crippen LogP contribution is 2.10. The van der Waals surface area contributed by atoms with Gasteiger partial charge in [-0.3, -0.25) is 4.79 Å². The largest absolute Gasteiger partial charge is 0.439 e. The van der Waals surface area contributed by atoms with Gasteiger partial charge in [-0.05, 0) is 32.1 Å². The molecule has 0 saturated heterocycles. The van der Waals surface area contributed by atoms with E-state index in [1.165, 1.54) is 70.6 Å². The third-order valence-electron chi connectivity index (χ3n) is 3.87. The van der Waals surface area contributed by atoms with Gasteiger partial charge >= 0.3 is 5.97 Å². The molecule has 0 aliphatic rings. The fourth-order valence-electron chi connectivity index (χ4n) is 2.48. The SMILES string of the molecule is CCCCCCCC=CCCCCCCCCC(=O)OCO. The van der Waals surface area contributed by atoms with Gasteiger partial charge in [0.15, 0.2) is 6.79 Å². The van der Waals surface area contributed by atoms with Crippen LogP contribution in [-0.4, -0.2) is 17.9 Å². The summed E-state index contributed by atoms with van der Waals surface area (Å²) in [6.45, 7) is 1.76. The molecule has 0 radical (unpaired) electrons. The lowest BCUT2D eigenvalue weighted by molar-refractivity contribution is -0.151. The Morgan fingerprint density at radius 3 is 1.86 bits per heavy atom. The normalized spacial score (nSPS) is 11.2. The number of ether oxygens (including phenoxy) is 1. The van der Waals surface area contributed by atoms with Crippen molar-refractivity contribution in [3.63, 3.8) is 0 Å². The van der Waals surface area contributed by atoms with E-state index in [1.54, 1.807) is 0 Å². The molecule has 0 aromatic rings. The third kappa shape index (κ3) is 17.2. The van der Waals surface area contributed by atoms with Gasteiger partial charge in [-0.2, -0.15) is 0 Å². The van der Waals surface area contributed by atoms with Gasteiger partial charge in [0.25, 0.3) is 0 Å². The maximum atomic E-state index is 11.0. The van der Waals surface area contributed by atoms with Crippen LogP contribution in [0.25, 0.3) is 0 Å². The van der Waals surface area contributed by atoms with E-state index in [0.717, 1.165) is 12.8 Å². The van der Waals surface area contributed by atoms with Gasteiger partial charge in [0.2, 0.25) is 0 Å². The highest BCUT2D eigenvalue weighted by Gasteiger charge is 2.00. The molecule has 0 spiro atoms. The molecule has 130 valence electrons. The van der Waals surface area contributed by atoms with Gasteiger partial charge < -0.3 is 9.84 Å². The smallest absolute Gasteiger partial charge is 0.307 e. The van der Waals surface area contributed by atoms with Gasteiger partial charge in [0.05, 0.1) is 0 Å². The number of aliphatic hydroxyl groups is 1. The van der Waals surface area contributed by atoms with Crippen LogP contribution in [-0.2, 0) is 9.53 Å². The highest BCUT2D eigenvalue weighted by atomic mass is 16.6. The Labute approximate surface area is 137 Å². The molecule has 1 N–H and O–H groups in total. The summed E-state index contributed by atoms with van der Waals surface area (Å²) < 4.78 is 4.47. The molecule has 0 saturated carbocycles. The lowest BCUT2D eigenvalue weighted by Crippen LogP contribution is -2.04. The molecule has 0 atom stereocenters. The first-order valence-electron chi connectivity index (χ1n) is 9.22. The van der Waals surface area contributed by atoms with E-state index in [2.05, 4.69) is 23.8 Å². The van der Waals surface area contributed by atoms with E-state index in [9.17, 15) is 4.79 Å². The fraction of sp³-hybridized carbons (Fsp3) is 0.842. The van der Waals surface area contributed by atoms with Crippen LogP contribution in [0.15, 0.2) is 12.2 Å². The number of unbranched alkanes of at least 4 members (excludes halogenated alkanes) is 11. The number of rotatable bonds is 16. The number of carbonyl (C=O) groups is 1. The number of esters is 1. The second kappa shape index (κ2) is 18.2. The second-order valence-electron chi connectivity index (χ2n) is 5.98. The van der Waals surface area contributed by atoms with Crippen molar-refractivity contribution in [2.75, 3.05) is 6.79 Å². The minimum Gasteiger partial charge on any atom is -0.439 e. The van der Waals surface area contributed by atoms with E-state index in [-0.39, 0.29) is 5.97 Å². The van der Waals surface area contributed by atoms with Gasteiger partial charge in [0, 0.05) is 6.42 Å². The molecular formula is C19H36O3. The zero-order chi connectivity index (χ0) is 16.3. The Hall–Kier alpha value is -0.830. The van der Waals surface area contributed by atoms with Crippen LogP contribution in [0.3, 0.4) is 0 Å². The number of allylic oxidation sites excluding steroid dienone is 2. The fourth-order valence-corrected chi connectivity index (χ4v) is 2.48. The summed E-state index contributed by atoms with van der Waals surface area (Å²) in [6.07, 6.45) is 21.3. The summed E-state index contributed by atoms with van der Waals surface area (Å²) in [6, 6.07) is 0. The van der Waals surface area contributed by atoms with Crippen LogP contribution >= 0.6 is 0 Å². The molecule has 3 nitrogen and oxygen atoms in total. The van der Waals surface area contributed by atoms with Crippen molar-refractivity contribution in [1.82, 2.24) is 0 Å². The molecule has 3 heteroatoms. The van der Waals surface area contributed by atoms with Crippen molar-refractivity contribution in [2.45, 2.75) is 96.8 Å². The maximum absolute atomic E-state index is 11.0. The standard InChI is InChI=1S/C19H36O3/c1-2-3-4-5-6-7-8-9-10-11-12-13-14-15-16-17-19(21)22-18-20/h8-9,20H,2-7,10-18H2,1H3. The van der Waals surface area contributed by atoms with Gasteiger partial charge in [-0.1, -0.05) is 70.4 Å². The third-order valence-corrected chi connectivity index (χ3v) is 3.87. The molecule has 0 aromatic heterocycles.